The number of ether oxygens (including phenoxy) is 1. The van der Waals surface area contributed by atoms with Crippen LogP contribution in [0, 0.1) is 0 Å². The van der Waals surface area contributed by atoms with Crippen LogP contribution in [0.15, 0.2) is 66.2 Å². The van der Waals surface area contributed by atoms with E-state index in [0.29, 0.717) is 12.0 Å². The first kappa shape index (κ1) is 12.6. The molecule has 1 unspecified atom stereocenters. The summed E-state index contributed by atoms with van der Waals surface area (Å²) in [7, 11) is 0. The standard InChI is InChI=1S/C17H14O3/c18-16-11-15(17(19)20-16)10-12-6-8-14(9-7-12)13-4-2-1-3-5-13/h1-9,11,17,19H,10H2. The Labute approximate surface area is 117 Å². The summed E-state index contributed by atoms with van der Waals surface area (Å²) in [5.41, 5.74) is 3.94. The number of benzene rings is 2. The van der Waals surface area contributed by atoms with Gasteiger partial charge in [-0.3, -0.25) is 0 Å². The van der Waals surface area contributed by atoms with E-state index in [2.05, 4.69) is 16.9 Å². The number of rotatable bonds is 3. The highest BCUT2D eigenvalue weighted by atomic mass is 16.6. The second-order valence-electron chi connectivity index (χ2n) is 4.75. The molecule has 0 aromatic heterocycles. The smallest absolute Gasteiger partial charge is 0.333 e. The Morgan fingerprint density at radius 1 is 0.950 bits per heavy atom. The molecular formula is C17H14O3. The van der Waals surface area contributed by atoms with E-state index in [9.17, 15) is 9.90 Å². The molecule has 1 atom stereocenters. The SMILES string of the molecule is O=C1C=C(Cc2ccc(-c3ccccc3)cc2)C(O)O1. The second kappa shape index (κ2) is 5.31. The van der Waals surface area contributed by atoms with Gasteiger partial charge in [-0.05, 0) is 16.7 Å². The Hall–Kier alpha value is -2.39. The van der Waals surface area contributed by atoms with Crippen LogP contribution in [0.4, 0.5) is 0 Å². The van der Waals surface area contributed by atoms with Gasteiger partial charge in [0, 0.05) is 18.1 Å². The van der Waals surface area contributed by atoms with Gasteiger partial charge in [-0.1, -0.05) is 54.6 Å². The average Bonchev–Trinajstić information content (AvgIpc) is 2.79. The van der Waals surface area contributed by atoms with Crippen LogP contribution in [0.2, 0.25) is 0 Å². The molecule has 0 radical (unpaired) electrons. The topological polar surface area (TPSA) is 46.5 Å². The fourth-order valence-electron chi connectivity index (χ4n) is 2.26. The van der Waals surface area contributed by atoms with Crippen molar-refractivity contribution >= 4 is 5.97 Å². The number of esters is 1. The van der Waals surface area contributed by atoms with E-state index in [0.717, 1.165) is 16.7 Å². The summed E-state index contributed by atoms with van der Waals surface area (Å²) in [5, 5.41) is 9.54. The number of aliphatic hydroxyl groups excluding tert-OH is 1. The van der Waals surface area contributed by atoms with Crippen molar-refractivity contribution in [1.82, 2.24) is 0 Å². The van der Waals surface area contributed by atoms with Crippen LogP contribution in [-0.2, 0) is 16.0 Å². The van der Waals surface area contributed by atoms with Crippen LogP contribution in [0.3, 0.4) is 0 Å². The van der Waals surface area contributed by atoms with Gasteiger partial charge in [0.15, 0.2) is 0 Å². The van der Waals surface area contributed by atoms with Crippen molar-refractivity contribution in [3.63, 3.8) is 0 Å². The number of hydrogen-bond acceptors (Lipinski definition) is 3. The first-order valence-electron chi connectivity index (χ1n) is 6.46. The van der Waals surface area contributed by atoms with E-state index in [1.165, 1.54) is 6.08 Å². The third-order valence-corrected chi connectivity index (χ3v) is 3.32. The molecule has 0 saturated heterocycles. The molecule has 1 heterocycles. The van der Waals surface area contributed by atoms with Crippen LogP contribution in [0.5, 0.6) is 0 Å². The molecule has 0 saturated carbocycles. The fraction of sp³-hybridized carbons (Fsp3) is 0.118. The molecule has 1 aliphatic heterocycles. The lowest BCUT2D eigenvalue weighted by molar-refractivity contribution is -0.151. The molecule has 0 fully saturated rings. The Morgan fingerprint density at radius 2 is 1.60 bits per heavy atom. The van der Waals surface area contributed by atoms with Gasteiger partial charge < -0.3 is 9.84 Å². The maximum Gasteiger partial charge on any atom is 0.333 e. The quantitative estimate of drug-likeness (QED) is 0.869. The number of carbonyl (C=O) groups excluding carboxylic acids is 1. The summed E-state index contributed by atoms with van der Waals surface area (Å²) in [6, 6.07) is 18.2. The Bertz CT molecular complexity index is 642. The van der Waals surface area contributed by atoms with Gasteiger partial charge in [0.05, 0.1) is 0 Å². The lowest BCUT2D eigenvalue weighted by Gasteiger charge is -2.08. The van der Waals surface area contributed by atoms with Crippen LogP contribution in [0.1, 0.15) is 5.56 Å². The summed E-state index contributed by atoms with van der Waals surface area (Å²) in [4.78, 5) is 11.0. The van der Waals surface area contributed by atoms with Crippen molar-refractivity contribution in [2.75, 3.05) is 0 Å². The molecule has 0 amide bonds. The zero-order valence-electron chi connectivity index (χ0n) is 10.8. The Morgan fingerprint density at radius 3 is 2.20 bits per heavy atom. The third-order valence-electron chi connectivity index (χ3n) is 3.32. The van der Waals surface area contributed by atoms with Crippen LogP contribution >= 0.6 is 0 Å². The zero-order valence-corrected chi connectivity index (χ0v) is 10.8. The molecule has 1 N–H and O–H groups in total. The molecular weight excluding hydrogens is 252 g/mol. The van der Waals surface area contributed by atoms with Crippen LogP contribution in [-0.4, -0.2) is 17.4 Å². The first-order chi connectivity index (χ1) is 9.72. The minimum Gasteiger partial charge on any atom is -0.429 e. The van der Waals surface area contributed by atoms with Crippen molar-refractivity contribution in [2.24, 2.45) is 0 Å². The van der Waals surface area contributed by atoms with E-state index in [1.807, 2.05) is 42.5 Å². The molecule has 0 spiro atoms. The van der Waals surface area contributed by atoms with Crippen LogP contribution in [0.25, 0.3) is 11.1 Å². The molecule has 3 nitrogen and oxygen atoms in total. The molecule has 2 aromatic rings. The fourth-order valence-corrected chi connectivity index (χ4v) is 2.26. The van der Waals surface area contributed by atoms with Gasteiger partial charge in [-0.2, -0.15) is 0 Å². The maximum absolute atomic E-state index is 11.0. The second-order valence-corrected chi connectivity index (χ2v) is 4.75. The summed E-state index contributed by atoms with van der Waals surface area (Å²) < 4.78 is 4.66. The Balaban J connectivity index is 1.77. The number of cyclic esters (lactones) is 1. The van der Waals surface area contributed by atoms with Crippen molar-refractivity contribution < 1.29 is 14.6 Å². The van der Waals surface area contributed by atoms with Crippen molar-refractivity contribution in [2.45, 2.75) is 12.7 Å². The molecule has 0 bridgehead atoms. The van der Waals surface area contributed by atoms with E-state index in [1.54, 1.807) is 0 Å². The molecule has 100 valence electrons. The molecule has 3 heteroatoms. The lowest BCUT2D eigenvalue weighted by atomic mass is 10.0. The van der Waals surface area contributed by atoms with E-state index in [4.69, 9.17) is 0 Å². The van der Waals surface area contributed by atoms with Crippen molar-refractivity contribution in [3.8, 4) is 11.1 Å². The number of carbonyl (C=O) groups is 1. The molecule has 0 aliphatic carbocycles. The summed E-state index contributed by atoms with van der Waals surface area (Å²) in [5.74, 6) is -0.478. The number of aliphatic hydroxyl groups is 1. The highest BCUT2D eigenvalue weighted by Gasteiger charge is 2.23. The maximum atomic E-state index is 11.0. The minimum atomic E-state index is -1.10. The first-order valence-corrected chi connectivity index (χ1v) is 6.46. The van der Waals surface area contributed by atoms with Crippen molar-refractivity contribution in [1.29, 1.82) is 0 Å². The Kier molecular flexibility index (Phi) is 3.35. The largest absolute Gasteiger partial charge is 0.429 e. The van der Waals surface area contributed by atoms with Crippen LogP contribution < -0.4 is 0 Å². The van der Waals surface area contributed by atoms with Crippen molar-refractivity contribution in [3.05, 3.63) is 71.8 Å². The highest BCUT2D eigenvalue weighted by Crippen LogP contribution is 2.22. The predicted octanol–water partition coefficient (Wildman–Crippen LogP) is 2.70. The van der Waals surface area contributed by atoms with Gasteiger partial charge in [-0.15, -0.1) is 0 Å². The summed E-state index contributed by atoms with van der Waals surface area (Å²) >= 11 is 0. The monoisotopic (exact) mass is 266 g/mol. The average molecular weight is 266 g/mol. The lowest BCUT2D eigenvalue weighted by Crippen LogP contribution is -2.11. The predicted molar refractivity (Wildman–Crippen MR) is 75.8 cm³/mol. The zero-order chi connectivity index (χ0) is 13.9. The molecule has 1 aliphatic rings. The van der Waals surface area contributed by atoms with Gasteiger partial charge >= 0.3 is 5.97 Å². The van der Waals surface area contributed by atoms with Gasteiger partial charge in [0.1, 0.15) is 0 Å². The minimum absolute atomic E-state index is 0.478. The molecule has 3 rings (SSSR count). The van der Waals surface area contributed by atoms with E-state index >= 15 is 0 Å². The van der Waals surface area contributed by atoms with E-state index < -0.39 is 12.3 Å². The van der Waals surface area contributed by atoms with E-state index in [-0.39, 0.29) is 0 Å². The normalized spacial score (nSPS) is 17.8. The number of hydrogen-bond donors (Lipinski definition) is 1. The third kappa shape index (κ3) is 2.63. The molecule has 20 heavy (non-hydrogen) atoms. The molecule has 2 aromatic carbocycles. The highest BCUT2D eigenvalue weighted by molar-refractivity contribution is 5.85. The summed E-state index contributed by atoms with van der Waals surface area (Å²) in [6.07, 6.45) is 0.772. The van der Waals surface area contributed by atoms with Gasteiger partial charge in [0.2, 0.25) is 6.29 Å². The van der Waals surface area contributed by atoms with Gasteiger partial charge in [-0.25, -0.2) is 4.79 Å². The summed E-state index contributed by atoms with van der Waals surface area (Å²) in [6.45, 7) is 0. The van der Waals surface area contributed by atoms with Gasteiger partial charge in [0.25, 0.3) is 0 Å².